The smallest absolute Gasteiger partial charge is 0.145 e. The van der Waals surface area contributed by atoms with Crippen molar-refractivity contribution in [1.29, 1.82) is 0 Å². The molecule has 2 aromatic rings. The van der Waals surface area contributed by atoms with Crippen LogP contribution in [0.5, 0.6) is 0 Å². The van der Waals surface area contributed by atoms with Crippen LogP contribution in [0.4, 0.5) is 11.6 Å². The number of hydrazine groups is 1. The van der Waals surface area contributed by atoms with Crippen LogP contribution in [0.25, 0.3) is 0 Å². The highest BCUT2D eigenvalue weighted by atomic mass is 15.3. The van der Waals surface area contributed by atoms with Crippen LogP contribution in [0.3, 0.4) is 0 Å². The summed E-state index contributed by atoms with van der Waals surface area (Å²) in [5.74, 6) is 6.67. The summed E-state index contributed by atoms with van der Waals surface area (Å²) < 4.78 is 0. The Hall–Kier alpha value is -2.14. The molecule has 0 saturated carbocycles. The lowest BCUT2D eigenvalue weighted by Gasteiger charge is -2.06. The van der Waals surface area contributed by atoms with Gasteiger partial charge in [0, 0.05) is 12.6 Å². The molecular weight excluding hydrogens is 226 g/mol. The molecule has 18 heavy (non-hydrogen) atoms. The monoisotopic (exact) mass is 243 g/mol. The number of nitrogens with two attached hydrogens (primary N) is 1. The maximum atomic E-state index is 5.28. The van der Waals surface area contributed by atoms with Crippen LogP contribution in [-0.2, 0) is 6.42 Å². The standard InChI is InChI=1S/C13H17N5/c14-18-13-9-12(16-10-17-13)15-8-4-7-11-5-2-1-3-6-11/h1-3,5-6,9-10H,4,7-8,14H2,(H2,15,16,17,18). The van der Waals surface area contributed by atoms with E-state index in [1.165, 1.54) is 11.9 Å². The molecule has 0 saturated heterocycles. The first kappa shape index (κ1) is 12.3. The molecule has 0 aliphatic heterocycles. The normalized spacial score (nSPS) is 10.1. The Balaban J connectivity index is 1.75. The van der Waals surface area contributed by atoms with E-state index >= 15 is 0 Å². The summed E-state index contributed by atoms with van der Waals surface area (Å²) in [6, 6.07) is 12.2. The topological polar surface area (TPSA) is 75.9 Å². The maximum absolute atomic E-state index is 5.28. The van der Waals surface area contributed by atoms with E-state index in [2.05, 4.69) is 45.0 Å². The summed E-state index contributed by atoms with van der Waals surface area (Å²) in [6.45, 7) is 0.871. The zero-order valence-corrected chi connectivity index (χ0v) is 10.1. The second kappa shape index (κ2) is 6.56. The van der Waals surface area contributed by atoms with Gasteiger partial charge in [0.15, 0.2) is 0 Å². The van der Waals surface area contributed by atoms with Crippen LogP contribution >= 0.6 is 0 Å². The molecule has 0 amide bonds. The first-order chi connectivity index (χ1) is 8.88. The third kappa shape index (κ3) is 3.71. The molecule has 1 aromatic heterocycles. The summed E-state index contributed by atoms with van der Waals surface area (Å²) in [6.07, 6.45) is 3.59. The number of aryl methyl sites for hydroxylation is 1. The highest BCUT2D eigenvalue weighted by Gasteiger charge is 1.97. The molecule has 0 spiro atoms. The minimum absolute atomic E-state index is 0.607. The quantitative estimate of drug-likeness (QED) is 0.410. The minimum Gasteiger partial charge on any atom is -0.370 e. The van der Waals surface area contributed by atoms with Crippen LogP contribution in [0.1, 0.15) is 12.0 Å². The number of anilines is 2. The molecule has 5 nitrogen and oxygen atoms in total. The van der Waals surface area contributed by atoms with E-state index in [0.717, 1.165) is 25.2 Å². The number of nitrogens with zero attached hydrogens (tertiary/aromatic N) is 2. The maximum Gasteiger partial charge on any atom is 0.145 e. The molecule has 1 aromatic carbocycles. The lowest BCUT2D eigenvalue weighted by atomic mass is 10.1. The molecule has 94 valence electrons. The van der Waals surface area contributed by atoms with Crippen molar-refractivity contribution in [3.63, 3.8) is 0 Å². The van der Waals surface area contributed by atoms with E-state index in [1.807, 2.05) is 6.07 Å². The van der Waals surface area contributed by atoms with Crippen LogP contribution in [0.2, 0.25) is 0 Å². The van der Waals surface area contributed by atoms with Crippen LogP contribution in [0.15, 0.2) is 42.7 Å². The molecule has 0 radical (unpaired) electrons. The fraction of sp³-hybridized carbons (Fsp3) is 0.231. The average Bonchev–Trinajstić information content (AvgIpc) is 2.45. The molecule has 1 heterocycles. The summed E-state index contributed by atoms with van der Waals surface area (Å²) in [5.41, 5.74) is 3.85. The second-order valence-electron chi connectivity index (χ2n) is 3.95. The van der Waals surface area contributed by atoms with E-state index in [9.17, 15) is 0 Å². The average molecular weight is 243 g/mol. The molecule has 0 aliphatic carbocycles. The molecule has 0 bridgehead atoms. The number of hydrogen-bond donors (Lipinski definition) is 3. The van der Waals surface area contributed by atoms with Gasteiger partial charge in [-0.05, 0) is 18.4 Å². The van der Waals surface area contributed by atoms with Crippen molar-refractivity contribution in [3.05, 3.63) is 48.3 Å². The second-order valence-corrected chi connectivity index (χ2v) is 3.95. The van der Waals surface area contributed by atoms with Gasteiger partial charge >= 0.3 is 0 Å². The van der Waals surface area contributed by atoms with Gasteiger partial charge in [-0.3, -0.25) is 0 Å². The molecule has 4 N–H and O–H groups in total. The Morgan fingerprint density at radius 2 is 1.83 bits per heavy atom. The Labute approximate surface area is 106 Å². The number of hydrogen-bond acceptors (Lipinski definition) is 5. The van der Waals surface area contributed by atoms with Gasteiger partial charge in [-0.15, -0.1) is 0 Å². The Bertz CT molecular complexity index is 472. The highest BCUT2D eigenvalue weighted by Crippen LogP contribution is 2.08. The van der Waals surface area contributed by atoms with Gasteiger partial charge in [0.1, 0.15) is 18.0 Å². The van der Waals surface area contributed by atoms with E-state index < -0.39 is 0 Å². The largest absolute Gasteiger partial charge is 0.370 e. The van der Waals surface area contributed by atoms with Crippen molar-refractivity contribution >= 4 is 11.6 Å². The molecule has 0 atom stereocenters. The molecule has 0 unspecified atom stereocenters. The molecule has 2 rings (SSSR count). The number of nitrogen functional groups attached to an aromatic ring is 1. The lowest BCUT2D eigenvalue weighted by molar-refractivity contribution is 0.858. The van der Waals surface area contributed by atoms with Crippen molar-refractivity contribution in [3.8, 4) is 0 Å². The van der Waals surface area contributed by atoms with Crippen molar-refractivity contribution in [1.82, 2.24) is 9.97 Å². The van der Waals surface area contributed by atoms with Crippen LogP contribution < -0.4 is 16.6 Å². The Kier molecular flexibility index (Phi) is 4.49. The van der Waals surface area contributed by atoms with Gasteiger partial charge in [-0.2, -0.15) is 0 Å². The van der Waals surface area contributed by atoms with Crippen molar-refractivity contribution in [2.75, 3.05) is 17.3 Å². The number of aromatic nitrogens is 2. The van der Waals surface area contributed by atoms with Crippen molar-refractivity contribution < 1.29 is 0 Å². The van der Waals surface area contributed by atoms with E-state index in [1.54, 1.807) is 6.07 Å². The third-order valence-electron chi connectivity index (χ3n) is 2.61. The summed E-state index contributed by atoms with van der Waals surface area (Å²) in [4.78, 5) is 8.06. The Morgan fingerprint density at radius 1 is 1.06 bits per heavy atom. The molecular formula is C13H17N5. The SMILES string of the molecule is NNc1cc(NCCCc2ccccc2)ncn1. The van der Waals surface area contributed by atoms with Gasteiger partial charge in [0.05, 0.1) is 0 Å². The van der Waals surface area contributed by atoms with Gasteiger partial charge in [-0.1, -0.05) is 30.3 Å². The molecule has 0 fully saturated rings. The summed E-state index contributed by atoms with van der Waals surface area (Å²) in [7, 11) is 0. The van der Waals surface area contributed by atoms with Gasteiger partial charge in [0.25, 0.3) is 0 Å². The first-order valence-electron chi connectivity index (χ1n) is 5.95. The predicted molar refractivity (Wildman–Crippen MR) is 73.1 cm³/mol. The first-order valence-corrected chi connectivity index (χ1v) is 5.95. The lowest BCUT2D eigenvalue weighted by Crippen LogP contribution is -2.10. The third-order valence-corrected chi connectivity index (χ3v) is 2.61. The summed E-state index contributed by atoms with van der Waals surface area (Å²) in [5, 5.41) is 3.24. The number of rotatable bonds is 6. The minimum atomic E-state index is 0.607. The van der Waals surface area contributed by atoms with E-state index in [4.69, 9.17) is 5.84 Å². The van der Waals surface area contributed by atoms with E-state index in [0.29, 0.717) is 5.82 Å². The fourth-order valence-corrected chi connectivity index (χ4v) is 1.69. The highest BCUT2D eigenvalue weighted by molar-refractivity contribution is 5.45. The van der Waals surface area contributed by atoms with Crippen molar-refractivity contribution in [2.45, 2.75) is 12.8 Å². The molecule has 5 heteroatoms. The number of nitrogens with one attached hydrogen (secondary N) is 2. The van der Waals surface area contributed by atoms with Gasteiger partial charge in [-0.25, -0.2) is 15.8 Å². The summed E-state index contributed by atoms with van der Waals surface area (Å²) >= 11 is 0. The Morgan fingerprint density at radius 3 is 2.61 bits per heavy atom. The van der Waals surface area contributed by atoms with Gasteiger partial charge < -0.3 is 10.7 Å². The van der Waals surface area contributed by atoms with Crippen LogP contribution in [0, 0.1) is 0 Å². The zero-order chi connectivity index (χ0) is 12.6. The van der Waals surface area contributed by atoms with Crippen LogP contribution in [-0.4, -0.2) is 16.5 Å². The fourth-order valence-electron chi connectivity index (χ4n) is 1.69. The predicted octanol–water partition coefficient (Wildman–Crippen LogP) is 1.81. The van der Waals surface area contributed by atoms with Crippen molar-refractivity contribution in [2.24, 2.45) is 5.84 Å². The van der Waals surface area contributed by atoms with E-state index in [-0.39, 0.29) is 0 Å². The molecule has 0 aliphatic rings. The van der Waals surface area contributed by atoms with Gasteiger partial charge in [0.2, 0.25) is 0 Å². The number of benzene rings is 1. The zero-order valence-electron chi connectivity index (χ0n) is 10.1.